The normalized spacial score (nSPS) is 21.3. The van der Waals surface area contributed by atoms with E-state index >= 15 is 0 Å². The maximum Gasteiger partial charge on any atom is 0.416 e. The molecule has 2 N–H and O–H groups in total. The zero-order valence-corrected chi connectivity index (χ0v) is 11.7. The molecular formula is C16H15F3N2O. The van der Waals surface area contributed by atoms with Gasteiger partial charge >= 0.3 is 6.18 Å². The van der Waals surface area contributed by atoms with E-state index in [1.165, 1.54) is 12.1 Å². The number of hydrogen-bond donors (Lipinski definition) is 1. The summed E-state index contributed by atoms with van der Waals surface area (Å²) in [5.41, 5.74) is 7.06. The van der Waals surface area contributed by atoms with Gasteiger partial charge in [0.2, 0.25) is 0 Å². The number of fused-ring (bicyclic) bond motifs is 1. The van der Waals surface area contributed by atoms with Gasteiger partial charge in [0.1, 0.15) is 11.9 Å². The van der Waals surface area contributed by atoms with Gasteiger partial charge in [-0.1, -0.05) is 6.07 Å². The lowest BCUT2D eigenvalue weighted by Crippen LogP contribution is -2.24. The number of ether oxygens (including phenoxy) is 1. The van der Waals surface area contributed by atoms with E-state index in [9.17, 15) is 13.2 Å². The molecule has 6 heteroatoms. The summed E-state index contributed by atoms with van der Waals surface area (Å²) in [6, 6.07) is 8.36. The number of nitrogens with two attached hydrogens (primary N) is 1. The van der Waals surface area contributed by atoms with Crippen LogP contribution in [-0.4, -0.2) is 4.98 Å². The van der Waals surface area contributed by atoms with Gasteiger partial charge in [-0.05, 0) is 48.7 Å². The molecule has 0 fully saturated rings. The number of rotatable bonds is 2. The number of pyridine rings is 1. The molecule has 0 amide bonds. The molecule has 1 heterocycles. The minimum Gasteiger partial charge on any atom is -0.484 e. The fraction of sp³-hybridized carbons (Fsp3) is 0.312. The van der Waals surface area contributed by atoms with Crippen LogP contribution >= 0.6 is 0 Å². The van der Waals surface area contributed by atoms with Crippen molar-refractivity contribution in [1.29, 1.82) is 0 Å². The van der Waals surface area contributed by atoms with Crippen LogP contribution in [0, 0.1) is 0 Å². The molecule has 0 saturated carbocycles. The maximum atomic E-state index is 12.6. The third kappa shape index (κ3) is 2.92. The van der Waals surface area contributed by atoms with Crippen LogP contribution in [0.25, 0.3) is 0 Å². The molecule has 3 nitrogen and oxygen atoms in total. The first kappa shape index (κ1) is 14.8. The van der Waals surface area contributed by atoms with E-state index in [1.54, 1.807) is 6.20 Å². The van der Waals surface area contributed by atoms with E-state index in [0.717, 1.165) is 29.8 Å². The Morgan fingerprint density at radius 1 is 1.09 bits per heavy atom. The number of hydrogen-bond acceptors (Lipinski definition) is 3. The summed E-state index contributed by atoms with van der Waals surface area (Å²) in [5, 5.41) is 0. The summed E-state index contributed by atoms with van der Waals surface area (Å²) >= 11 is 0. The third-order valence-corrected chi connectivity index (χ3v) is 3.78. The van der Waals surface area contributed by atoms with Crippen molar-refractivity contribution in [2.45, 2.75) is 31.2 Å². The molecule has 2 unspecified atom stereocenters. The first-order valence-corrected chi connectivity index (χ1v) is 6.99. The fourth-order valence-corrected chi connectivity index (χ4v) is 2.64. The quantitative estimate of drug-likeness (QED) is 0.911. The van der Waals surface area contributed by atoms with Crippen LogP contribution in [0.5, 0.6) is 5.75 Å². The predicted molar refractivity (Wildman–Crippen MR) is 75.2 cm³/mol. The molecule has 0 bridgehead atoms. The second kappa shape index (κ2) is 5.61. The molecule has 0 radical (unpaired) electrons. The molecule has 116 valence electrons. The van der Waals surface area contributed by atoms with Crippen molar-refractivity contribution < 1.29 is 17.9 Å². The summed E-state index contributed by atoms with van der Waals surface area (Å²) in [6.45, 7) is 0. The number of halogens is 3. The van der Waals surface area contributed by atoms with Gasteiger partial charge < -0.3 is 10.5 Å². The molecule has 0 aliphatic heterocycles. The number of nitrogens with zero attached hydrogens (tertiary/aromatic N) is 1. The van der Waals surface area contributed by atoms with Crippen LogP contribution in [0.3, 0.4) is 0 Å². The Hall–Kier alpha value is -2.08. The lowest BCUT2D eigenvalue weighted by atomic mass is 9.90. The highest BCUT2D eigenvalue weighted by Gasteiger charge is 2.31. The molecular weight excluding hydrogens is 293 g/mol. The van der Waals surface area contributed by atoms with Crippen molar-refractivity contribution in [3.8, 4) is 5.75 Å². The largest absolute Gasteiger partial charge is 0.484 e. The third-order valence-electron chi connectivity index (χ3n) is 3.78. The van der Waals surface area contributed by atoms with Crippen molar-refractivity contribution in [3.05, 3.63) is 59.4 Å². The first-order valence-electron chi connectivity index (χ1n) is 6.99. The monoisotopic (exact) mass is 308 g/mol. The highest BCUT2D eigenvalue weighted by atomic mass is 19.4. The van der Waals surface area contributed by atoms with Crippen molar-refractivity contribution in [1.82, 2.24) is 4.98 Å². The maximum absolute atomic E-state index is 12.6. The number of benzene rings is 1. The molecule has 0 spiro atoms. The lowest BCUT2D eigenvalue weighted by molar-refractivity contribution is -0.137. The van der Waals surface area contributed by atoms with Crippen molar-refractivity contribution in [2.75, 3.05) is 0 Å². The van der Waals surface area contributed by atoms with E-state index in [4.69, 9.17) is 10.5 Å². The van der Waals surface area contributed by atoms with E-state index in [-0.39, 0.29) is 12.1 Å². The molecule has 1 aliphatic carbocycles. The van der Waals surface area contributed by atoms with Gasteiger partial charge in [-0.3, -0.25) is 4.98 Å². The fourth-order valence-electron chi connectivity index (χ4n) is 2.64. The van der Waals surface area contributed by atoms with Gasteiger partial charge in [0.15, 0.2) is 0 Å². The van der Waals surface area contributed by atoms with Gasteiger partial charge in [-0.15, -0.1) is 0 Å². The van der Waals surface area contributed by atoms with Crippen molar-refractivity contribution in [3.63, 3.8) is 0 Å². The van der Waals surface area contributed by atoms with Crippen LogP contribution in [0.4, 0.5) is 13.2 Å². The molecule has 2 atom stereocenters. The highest BCUT2D eigenvalue weighted by Crippen LogP contribution is 2.37. The van der Waals surface area contributed by atoms with Gasteiger partial charge in [-0.2, -0.15) is 13.2 Å². The SMILES string of the molecule is NC1CCC(Oc2ccc(C(F)(F)F)cc2)c2ncccc21. The van der Waals surface area contributed by atoms with Crippen molar-refractivity contribution >= 4 is 0 Å². The minimum atomic E-state index is -4.34. The van der Waals surface area contributed by atoms with E-state index < -0.39 is 11.7 Å². The number of aromatic nitrogens is 1. The smallest absolute Gasteiger partial charge is 0.416 e. The standard InChI is InChI=1S/C16H15F3N2O/c17-16(18,19)10-3-5-11(6-4-10)22-14-8-7-13(20)12-2-1-9-21-15(12)14/h1-6,9,13-14H,7-8,20H2. The molecule has 3 rings (SSSR count). The molecule has 0 saturated heterocycles. The Bertz CT molecular complexity index is 655. The Morgan fingerprint density at radius 2 is 1.82 bits per heavy atom. The Kier molecular flexibility index (Phi) is 3.78. The molecule has 1 aromatic heterocycles. The topological polar surface area (TPSA) is 48.1 Å². The van der Waals surface area contributed by atoms with Crippen LogP contribution in [0.1, 0.15) is 41.8 Å². The van der Waals surface area contributed by atoms with Gasteiger partial charge in [0, 0.05) is 12.2 Å². The van der Waals surface area contributed by atoms with Crippen LogP contribution in [0.15, 0.2) is 42.6 Å². The summed E-state index contributed by atoms with van der Waals surface area (Å²) in [4.78, 5) is 4.32. The van der Waals surface area contributed by atoms with E-state index in [2.05, 4.69) is 4.98 Å². The summed E-state index contributed by atoms with van der Waals surface area (Å²) < 4.78 is 43.5. The van der Waals surface area contributed by atoms with Crippen molar-refractivity contribution in [2.24, 2.45) is 5.73 Å². The van der Waals surface area contributed by atoms with Gasteiger partial charge in [0.25, 0.3) is 0 Å². The summed E-state index contributed by atoms with van der Waals surface area (Å²) in [5.74, 6) is 0.394. The summed E-state index contributed by atoms with van der Waals surface area (Å²) in [6.07, 6.45) is -1.52. The molecule has 22 heavy (non-hydrogen) atoms. The Morgan fingerprint density at radius 3 is 2.50 bits per heavy atom. The second-order valence-electron chi connectivity index (χ2n) is 5.29. The highest BCUT2D eigenvalue weighted by molar-refractivity contribution is 5.32. The zero-order valence-electron chi connectivity index (χ0n) is 11.7. The Labute approximate surface area is 125 Å². The lowest BCUT2D eigenvalue weighted by Gasteiger charge is -2.28. The molecule has 1 aliphatic rings. The average Bonchev–Trinajstić information content (AvgIpc) is 2.50. The average molecular weight is 308 g/mol. The second-order valence-corrected chi connectivity index (χ2v) is 5.29. The van der Waals surface area contributed by atoms with Crippen LogP contribution in [0.2, 0.25) is 0 Å². The van der Waals surface area contributed by atoms with Gasteiger partial charge in [0.05, 0.1) is 11.3 Å². The Balaban J connectivity index is 1.81. The first-order chi connectivity index (χ1) is 10.4. The molecule has 2 aromatic rings. The zero-order chi connectivity index (χ0) is 15.7. The molecule has 1 aromatic carbocycles. The summed E-state index contributed by atoms with van der Waals surface area (Å²) in [7, 11) is 0. The van der Waals surface area contributed by atoms with E-state index in [1.807, 2.05) is 12.1 Å². The van der Waals surface area contributed by atoms with Crippen LogP contribution in [-0.2, 0) is 6.18 Å². The van der Waals surface area contributed by atoms with E-state index in [0.29, 0.717) is 12.2 Å². The van der Waals surface area contributed by atoms with Gasteiger partial charge in [-0.25, -0.2) is 0 Å². The van der Waals surface area contributed by atoms with Crippen LogP contribution < -0.4 is 10.5 Å². The predicted octanol–water partition coefficient (Wildman–Crippen LogP) is 4.01. The minimum absolute atomic E-state index is 0.0730. The number of alkyl halides is 3.